The molecule has 21 heavy (non-hydrogen) atoms. The number of hydrogen-bond acceptors (Lipinski definition) is 0. The first-order chi connectivity index (χ1) is 10.2. The summed E-state index contributed by atoms with van der Waals surface area (Å²) in [4.78, 5) is 0. The summed E-state index contributed by atoms with van der Waals surface area (Å²) >= 11 is 0. The Balaban J connectivity index is 0.000000262. The molecule has 0 aliphatic heterocycles. The molecule has 114 valence electrons. The van der Waals surface area contributed by atoms with Crippen molar-refractivity contribution < 1.29 is 0 Å². The van der Waals surface area contributed by atoms with Crippen LogP contribution in [0.25, 0.3) is 0 Å². The molecule has 1 heteroatoms. The maximum Gasteiger partial charge on any atom is 0.0571 e. The predicted octanol–water partition coefficient (Wildman–Crippen LogP) is 6.27. The van der Waals surface area contributed by atoms with Gasteiger partial charge in [-0.2, -0.15) is 0 Å². The lowest BCUT2D eigenvalue weighted by molar-refractivity contribution is 1.10. The molecule has 0 saturated heterocycles. The van der Waals surface area contributed by atoms with E-state index >= 15 is 0 Å². The zero-order chi connectivity index (χ0) is 15.6. The van der Waals surface area contributed by atoms with E-state index in [-0.39, 0.29) is 0 Å². The maximum absolute atomic E-state index is 2.38. The quantitative estimate of drug-likeness (QED) is 0.570. The molecule has 0 aliphatic carbocycles. The number of hydrogen-bond donors (Lipinski definition) is 0. The molecule has 0 nitrogen and oxygen atoms in total. The van der Waals surface area contributed by atoms with Crippen molar-refractivity contribution >= 4 is 8.07 Å². The summed E-state index contributed by atoms with van der Waals surface area (Å²) in [7, 11) is -0.958. The van der Waals surface area contributed by atoms with Gasteiger partial charge in [0.2, 0.25) is 0 Å². The van der Waals surface area contributed by atoms with Gasteiger partial charge >= 0.3 is 0 Å². The molecular weight excluding hydrogens is 268 g/mol. The van der Waals surface area contributed by atoms with E-state index in [1.165, 1.54) is 29.7 Å². The van der Waals surface area contributed by atoms with Gasteiger partial charge in [0.1, 0.15) is 0 Å². The van der Waals surface area contributed by atoms with Crippen molar-refractivity contribution in [2.24, 2.45) is 0 Å². The van der Waals surface area contributed by atoms with Gasteiger partial charge < -0.3 is 0 Å². The van der Waals surface area contributed by atoms with Crippen LogP contribution in [-0.2, 0) is 6.04 Å². The summed E-state index contributed by atoms with van der Waals surface area (Å²) in [5, 5.41) is 0. The van der Waals surface area contributed by atoms with Gasteiger partial charge in [0, 0.05) is 0 Å². The van der Waals surface area contributed by atoms with Crippen LogP contribution in [0, 0.1) is 6.92 Å². The van der Waals surface area contributed by atoms with Crippen LogP contribution in [-0.4, -0.2) is 8.07 Å². The molecule has 2 aromatic carbocycles. The molecule has 0 spiro atoms. The second-order valence-electron chi connectivity index (χ2n) is 5.88. The molecule has 2 rings (SSSR count). The minimum atomic E-state index is -0.958. The van der Waals surface area contributed by atoms with Crippen molar-refractivity contribution in [3.05, 3.63) is 71.8 Å². The largest absolute Gasteiger partial charge is 0.0678 e. The molecule has 0 bridgehead atoms. The zero-order valence-electron chi connectivity index (χ0n) is 14.1. The van der Waals surface area contributed by atoms with E-state index in [0.717, 1.165) is 0 Å². The Kier molecular flexibility index (Phi) is 8.07. The van der Waals surface area contributed by atoms with E-state index < -0.39 is 8.07 Å². The minimum absolute atomic E-state index is 0.958. The van der Waals surface area contributed by atoms with E-state index in [2.05, 4.69) is 70.2 Å². The molecule has 0 fully saturated rings. The van der Waals surface area contributed by atoms with E-state index in [0.29, 0.717) is 0 Å². The Bertz CT molecular complexity index is 463. The smallest absolute Gasteiger partial charge is 0.0571 e. The highest BCUT2D eigenvalue weighted by Crippen LogP contribution is 2.24. The lowest BCUT2D eigenvalue weighted by atomic mass is 10.2. The third kappa shape index (κ3) is 6.30. The molecule has 0 aliphatic rings. The molecule has 0 saturated carbocycles. The standard InChI is InChI=1S/C13H22Si.C7H8/c1-4-14(5-2,6-3)12-13-10-8-7-9-11-13;1-7-5-3-2-4-6-7/h7-11H,4-6,12H2,1-3H3;2-6H,1H3. The highest BCUT2D eigenvalue weighted by Gasteiger charge is 2.26. The lowest BCUT2D eigenvalue weighted by Crippen LogP contribution is -2.34. The second kappa shape index (κ2) is 9.57. The van der Waals surface area contributed by atoms with Crippen molar-refractivity contribution in [1.29, 1.82) is 0 Å². The molecule has 0 heterocycles. The summed E-state index contributed by atoms with van der Waals surface area (Å²) in [6.45, 7) is 9.21. The fourth-order valence-electron chi connectivity index (χ4n) is 2.69. The number of rotatable bonds is 5. The van der Waals surface area contributed by atoms with E-state index in [1.807, 2.05) is 18.2 Å². The van der Waals surface area contributed by atoms with E-state index in [9.17, 15) is 0 Å². The summed E-state index contributed by atoms with van der Waals surface area (Å²) in [6, 6.07) is 26.9. The van der Waals surface area contributed by atoms with Crippen LogP contribution in [0.1, 0.15) is 31.9 Å². The van der Waals surface area contributed by atoms with Crippen LogP contribution in [0.4, 0.5) is 0 Å². The molecule has 0 amide bonds. The highest BCUT2D eigenvalue weighted by molar-refractivity contribution is 6.79. The highest BCUT2D eigenvalue weighted by atomic mass is 28.3. The summed E-state index contributed by atoms with van der Waals surface area (Å²) in [6.07, 6.45) is 0. The summed E-state index contributed by atoms with van der Waals surface area (Å²) in [5.41, 5.74) is 2.87. The average molecular weight is 299 g/mol. The van der Waals surface area contributed by atoms with Crippen LogP contribution >= 0.6 is 0 Å². The molecule has 2 aromatic rings. The molecule has 0 radical (unpaired) electrons. The van der Waals surface area contributed by atoms with Crippen molar-refractivity contribution in [3.63, 3.8) is 0 Å². The molecule has 0 atom stereocenters. The summed E-state index contributed by atoms with van der Waals surface area (Å²) < 4.78 is 0. The fraction of sp³-hybridized carbons (Fsp3) is 0.400. The maximum atomic E-state index is 2.38. The second-order valence-corrected chi connectivity index (χ2v) is 11.4. The van der Waals surface area contributed by atoms with Gasteiger partial charge in [-0.05, 0) is 13.0 Å². The van der Waals surface area contributed by atoms with Gasteiger partial charge in [-0.15, -0.1) is 0 Å². The monoisotopic (exact) mass is 298 g/mol. The number of benzene rings is 2. The zero-order valence-corrected chi connectivity index (χ0v) is 15.1. The number of aryl methyl sites for hydroxylation is 1. The Morgan fingerprint density at radius 1 is 0.667 bits per heavy atom. The minimum Gasteiger partial charge on any atom is -0.0678 e. The van der Waals surface area contributed by atoms with Gasteiger partial charge in [-0.25, -0.2) is 0 Å². The van der Waals surface area contributed by atoms with Crippen molar-refractivity contribution in [2.75, 3.05) is 0 Å². The topological polar surface area (TPSA) is 0 Å². The van der Waals surface area contributed by atoms with E-state index in [4.69, 9.17) is 0 Å². The Labute approximate surface area is 132 Å². The van der Waals surface area contributed by atoms with Crippen molar-refractivity contribution in [1.82, 2.24) is 0 Å². The third-order valence-corrected chi connectivity index (χ3v) is 10.3. The molecule has 0 unspecified atom stereocenters. The van der Waals surface area contributed by atoms with Gasteiger partial charge in [-0.1, -0.05) is 111 Å². The lowest BCUT2D eigenvalue weighted by Gasteiger charge is -2.28. The van der Waals surface area contributed by atoms with Crippen LogP contribution < -0.4 is 0 Å². The fourth-order valence-corrected chi connectivity index (χ4v) is 6.04. The van der Waals surface area contributed by atoms with Crippen molar-refractivity contribution in [2.45, 2.75) is 51.9 Å². The normalized spacial score (nSPS) is 10.7. The van der Waals surface area contributed by atoms with Crippen LogP contribution in [0.15, 0.2) is 60.7 Å². The Hall–Kier alpha value is -1.34. The van der Waals surface area contributed by atoms with Crippen LogP contribution in [0.5, 0.6) is 0 Å². The van der Waals surface area contributed by atoms with Gasteiger partial charge in [0.25, 0.3) is 0 Å². The van der Waals surface area contributed by atoms with Gasteiger partial charge in [0.15, 0.2) is 0 Å². The van der Waals surface area contributed by atoms with Crippen LogP contribution in [0.2, 0.25) is 18.1 Å². The summed E-state index contributed by atoms with van der Waals surface area (Å²) in [5.74, 6) is 0. The van der Waals surface area contributed by atoms with Crippen molar-refractivity contribution in [3.8, 4) is 0 Å². The van der Waals surface area contributed by atoms with Crippen LogP contribution in [0.3, 0.4) is 0 Å². The molecule has 0 aromatic heterocycles. The van der Waals surface area contributed by atoms with Gasteiger partial charge in [0.05, 0.1) is 8.07 Å². The first-order valence-corrected chi connectivity index (χ1v) is 11.0. The molecule has 0 N–H and O–H groups in total. The first-order valence-electron chi connectivity index (χ1n) is 8.21. The SMILES string of the molecule is CC[Si](CC)(CC)Cc1ccccc1.Cc1ccccc1. The Morgan fingerprint density at radius 3 is 1.43 bits per heavy atom. The van der Waals surface area contributed by atoms with E-state index in [1.54, 1.807) is 5.56 Å². The predicted molar refractivity (Wildman–Crippen MR) is 98.5 cm³/mol. The average Bonchev–Trinajstić information content (AvgIpc) is 2.55. The van der Waals surface area contributed by atoms with Gasteiger partial charge in [-0.3, -0.25) is 0 Å². The Morgan fingerprint density at radius 2 is 1.10 bits per heavy atom. The first kappa shape index (κ1) is 17.7. The third-order valence-electron chi connectivity index (χ3n) is 4.61. The molecular formula is C20H30Si.